The maximum Gasteiger partial charge on any atom is 0.246 e. The van der Waals surface area contributed by atoms with Crippen molar-refractivity contribution in [1.82, 2.24) is 20.4 Å². The molecular formula is C20H21FN4O2S. The Kier molecular flexibility index (Phi) is 5.78. The second-order valence-corrected chi connectivity index (χ2v) is 7.86. The lowest BCUT2D eigenvalue weighted by molar-refractivity contribution is -0.127. The van der Waals surface area contributed by atoms with Gasteiger partial charge in [0.1, 0.15) is 5.82 Å². The van der Waals surface area contributed by atoms with Gasteiger partial charge in [-0.2, -0.15) is 4.98 Å². The van der Waals surface area contributed by atoms with Crippen molar-refractivity contribution in [2.45, 2.75) is 25.9 Å². The van der Waals surface area contributed by atoms with Gasteiger partial charge >= 0.3 is 0 Å². The minimum atomic E-state index is -0.233. The molecule has 1 aliphatic heterocycles. The van der Waals surface area contributed by atoms with Crippen molar-refractivity contribution >= 4 is 17.2 Å². The van der Waals surface area contributed by atoms with E-state index in [0.717, 1.165) is 36.4 Å². The molecule has 1 fully saturated rings. The molecular weight excluding hydrogens is 379 g/mol. The van der Waals surface area contributed by atoms with Gasteiger partial charge in [-0.25, -0.2) is 4.39 Å². The zero-order chi connectivity index (χ0) is 19.3. The smallest absolute Gasteiger partial charge is 0.246 e. The molecule has 0 aliphatic carbocycles. The number of piperidine rings is 1. The number of hydrogen-bond donors (Lipinski definition) is 1. The first-order valence-corrected chi connectivity index (χ1v) is 10.2. The molecule has 1 aromatic carbocycles. The quantitative estimate of drug-likeness (QED) is 0.686. The van der Waals surface area contributed by atoms with Crippen LogP contribution >= 0.6 is 11.3 Å². The van der Waals surface area contributed by atoms with Crippen LogP contribution in [0.3, 0.4) is 0 Å². The third-order valence-corrected chi connectivity index (χ3v) is 5.69. The van der Waals surface area contributed by atoms with Gasteiger partial charge in [0.05, 0.1) is 17.3 Å². The van der Waals surface area contributed by atoms with Gasteiger partial charge in [0.15, 0.2) is 0 Å². The molecule has 6 nitrogen and oxygen atoms in total. The van der Waals surface area contributed by atoms with E-state index in [2.05, 4.69) is 20.4 Å². The number of likely N-dealkylation sites (tertiary alicyclic amines) is 1. The predicted molar refractivity (Wildman–Crippen MR) is 104 cm³/mol. The van der Waals surface area contributed by atoms with Gasteiger partial charge < -0.3 is 9.84 Å². The molecule has 0 radical (unpaired) electrons. The van der Waals surface area contributed by atoms with Crippen molar-refractivity contribution in [2.75, 3.05) is 13.1 Å². The Balaban J connectivity index is 1.29. The molecule has 2 aromatic heterocycles. The molecule has 1 aliphatic rings. The Hall–Kier alpha value is -2.58. The molecule has 28 heavy (non-hydrogen) atoms. The van der Waals surface area contributed by atoms with Crippen molar-refractivity contribution in [1.29, 1.82) is 0 Å². The van der Waals surface area contributed by atoms with Crippen molar-refractivity contribution in [2.24, 2.45) is 5.92 Å². The van der Waals surface area contributed by atoms with Crippen LogP contribution in [0.15, 0.2) is 46.3 Å². The van der Waals surface area contributed by atoms with Crippen LogP contribution in [0.4, 0.5) is 4.39 Å². The number of hydrogen-bond acceptors (Lipinski definition) is 6. The van der Waals surface area contributed by atoms with E-state index < -0.39 is 0 Å². The zero-order valence-corrected chi connectivity index (χ0v) is 16.1. The summed E-state index contributed by atoms with van der Waals surface area (Å²) in [5.41, 5.74) is 1.05. The van der Waals surface area contributed by atoms with Crippen molar-refractivity contribution < 1.29 is 13.7 Å². The number of nitrogens with zero attached hydrogens (tertiary/aromatic N) is 3. The predicted octanol–water partition coefficient (Wildman–Crippen LogP) is 3.47. The standard InChI is InChI=1S/C20H21FN4O2S/c21-16-7-5-14(6-8-16)12-25-9-1-3-15(13-25)20(26)22-11-18-23-19(24-27-18)17-4-2-10-28-17/h2,4-8,10,15H,1,3,9,11-13H2,(H,22,26). The number of carbonyl (C=O) groups excluding carboxylic acids is 1. The largest absolute Gasteiger partial charge is 0.347 e. The lowest BCUT2D eigenvalue weighted by Gasteiger charge is -2.31. The second kappa shape index (κ2) is 8.62. The summed E-state index contributed by atoms with van der Waals surface area (Å²) in [5.74, 6) is 0.634. The second-order valence-electron chi connectivity index (χ2n) is 6.91. The third kappa shape index (κ3) is 4.63. The molecule has 1 N–H and O–H groups in total. The molecule has 3 aromatic rings. The lowest BCUT2D eigenvalue weighted by Crippen LogP contribution is -2.42. The number of carbonyl (C=O) groups is 1. The van der Waals surface area contributed by atoms with E-state index in [0.29, 0.717) is 18.3 Å². The van der Waals surface area contributed by atoms with E-state index in [-0.39, 0.29) is 24.2 Å². The van der Waals surface area contributed by atoms with E-state index in [9.17, 15) is 9.18 Å². The fourth-order valence-electron chi connectivity index (χ4n) is 3.40. The summed E-state index contributed by atoms with van der Waals surface area (Å²) >= 11 is 1.54. The van der Waals surface area contributed by atoms with Crippen LogP contribution in [0.1, 0.15) is 24.3 Å². The van der Waals surface area contributed by atoms with E-state index in [1.165, 1.54) is 23.5 Å². The average molecular weight is 400 g/mol. The fraction of sp³-hybridized carbons (Fsp3) is 0.350. The number of nitrogens with one attached hydrogen (secondary N) is 1. The fourth-order valence-corrected chi connectivity index (χ4v) is 4.05. The molecule has 1 unspecified atom stereocenters. The molecule has 1 amide bonds. The summed E-state index contributed by atoms with van der Waals surface area (Å²) in [5, 5.41) is 8.82. The molecule has 0 bridgehead atoms. The minimum Gasteiger partial charge on any atom is -0.347 e. The van der Waals surface area contributed by atoms with Crippen molar-refractivity contribution in [3.63, 3.8) is 0 Å². The maximum atomic E-state index is 13.1. The highest BCUT2D eigenvalue weighted by atomic mass is 32.1. The Morgan fingerprint density at radius 3 is 2.96 bits per heavy atom. The first-order valence-electron chi connectivity index (χ1n) is 9.28. The van der Waals surface area contributed by atoms with Gasteiger partial charge in [-0.05, 0) is 48.5 Å². The van der Waals surface area contributed by atoms with E-state index in [1.807, 2.05) is 17.5 Å². The van der Waals surface area contributed by atoms with Gasteiger partial charge in [-0.1, -0.05) is 23.4 Å². The monoisotopic (exact) mass is 400 g/mol. The van der Waals surface area contributed by atoms with Crippen LogP contribution in [0.5, 0.6) is 0 Å². The van der Waals surface area contributed by atoms with Crippen LogP contribution in [0.25, 0.3) is 10.7 Å². The summed E-state index contributed by atoms with van der Waals surface area (Å²) < 4.78 is 18.3. The van der Waals surface area contributed by atoms with Gasteiger partial charge in [0, 0.05) is 13.1 Å². The van der Waals surface area contributed by atoms with E-state index in [4.69, 9.17) is 4.52 Å². The molecule has 0 spiro atoms. The summed E-state index contributed by atoms with van der Waals surface area (Å²) in [6.45, 7) is 2.58. The van der Waals surface area contributed by atoms with E-state index >= 15 is 0 Å². The van der Waals surface area contributed by atoms with Crippen LogP contribution in [0.2, 0.25) is 0 Å². The molecule has 4 rings (SSSR count). The van der Waals surface area contributed by atoms with Gasteiger partial charge in [-0.3, -0.25) is 9.69 Å². The summed E-state index contributed by atoms with van der Waals surface area (Å²) in [4.78, 5) is 20.1. The Morgan fingerprint density at radius 2 is 2.18 bits per heavy atom. The summed E-state index contributed by atoms with van der Waals surface area (Å²) in [7, 11) is 0. The molecule has 8 heteroatoms. The third-order valence-electron chi connectivity index (χ3n) is 4.82. The van der Waals surface area contributed by atoms with Gasteiger partial charge in [0.2, 0.25) is 17.6 Å². The first kappa shape index (κ1) is 18.8. The summed E-state index contributed by atoms with van der Waals surface area (Å²) in [6, 6.07) is 10.4. The number of halogens is 1. The minimum absolute atomic E-state index is 0.000297. The number of thiophene rings is 1. The molecule has 3 heterocycles. The number of amides is 1. The topological polar surface area (TPSA) is 71.3 Å². The molecule has 1 atom stereocenters. The normalized spacial score (nSPS) is 17.5. The van der Waals surface area contributed by atoms with Gasteiger partial charge in [0.25, 0.3) is 0 Å². The Morgan fingerprint density at radius 1 is 1.32 bits per heavy atom. The van der Waals surface area contributed by atoms with Crippen LogP contribution < -0.4 is 5.32 Å². The highest BCUT2D eigenvalue weighted by Gasteiger charge is 2.26. The van der Waals surface area contributed by atoms with Crippen LogP contribution in [0, 0.1) is 11.7 Å². The highest BCUT2D eigenvalue weighted by Crippen LogP contribution is 2.22. The van der Waals surface area contributed by atoms with Gasteiger partial charge in [-0.15, -0.1) is 11.3 Å². The number of rotatable bonds is 6. The van der Waals surface area contributed by atoms with Crippen LogP contribution in [-0.2, 0) is 17.9 Å². The molecule has 1 saturated heterocycles. The molecule has 146 valence electrons. The Bertz CT molecular complexity index is 911. The highest BCUT2D eigenvalue weighted by molar-refractivity contribution is 7.13. The van der Waals surface area contributed by atoms with Crippen molar-refractivity contribution in [3.05, 3.63) is 59.0 Å². The van der Waals surface area contributed by atoms with Crippen molar-refractivity contribution in [3.8, 4) is 10.7 Å². The average Bonchev–Trinajstić information content (AvgIpc) is 3.40. The first-order chi connectivity index (χ1) is 13.7. The van der Waals surface area contributed by atoms with Crippen LogP contribution in [-0.4, -0.2) is 34.0 Å². The number of aromatic nitrogens is 2. The lowest BCUT2D eigenvalue weighted by atomic mass is 9.96. The molecule has 0 saturated carbocycles. The summed E-state index contributed by atoms with van der Waals surface area (Å²) in [6.07, 6.45) is 1.82. The Labute approximate surface area is 166 Å². The van der Waals surface area contributed by atoms with E-state index in [1.54, 1.807) is 12.1 Å². The zero-order valence-electron chi connectivity index (χ0n) is 15.3. The maximum absolute atomic E-state index is 13.1. The number of benzene rings is 1. The SMILES string of the molecule is O=C(NCc1nc(-c2cccs2)no1)C1CCCN(Cc2ccc(F)cc2)C1.